The van der Waals surface area contributed by atoms with Gasteiger partial charge >= 0.3 is 0 Å². The molecule has 9 nitrogen and oxygen atoms in total. The van der Waals surface area contributed by atoms with Gasteiger partial charge in [-0.1, -0.05) is 6.07 Å². The number of non-ortho nitro benzene ring substituents is 1. The van der Waals surface area contributed by atoms with Gasteiger partial charge in [-0.05, 0) is 42.5 Å². The molecule has 1 aliphatic heterocycles. The number of hydrogen-bond acceptors (Lipinski definition) is 7. The number of oxazole rings is 1. The van der Waals surface area contributed by atoms with Gasteiger partial charge in [0.25, 0.3) is 11.6 Å². The summed E-state index contributed by atoms with van der Waals surface area (Å²) in [6, 6.07) is 15.1. The van der Waals surface area contributed by atoms with Crippen molar-refractivity contribution in [1.29, 1.82) is 0 Å². The molecule has 3 aromatic carbocycles. The van der Waals surface area contributed by atoms with Crippen LogP contribution in [0.15, 0.2) is 65.1 Å². The molecule has 0 bridgehead atoms. The third-order valence-corrected chi connectivity index (χ3v) is 5.50. The lowest BCUT2D eigenvalue weighted by Gasteiger charge is -2.30. The Hall–Kier alpha value is -4.31. The summed E-state index contributed by atoms with van der Waals surface area (Å²) in [6.07, 6.45) is 0. The molecule has 0 spiro atoms. The van der Waals surface area contributed by atoms with Crippen molar-refractivity contribution in [2.45, 2.75) is 0 Å². The molecule has 10 heteroatoms. The highest BCUT2D eigenvalue weighted by atomic mass is 19.1. The Morgan fingerprint density at radius 3 is 2.68 bits per heavy atom. The van der Waals surface area contributed by atoms with Crippen LogP contribution in [0.4, 0.5) is 21.5 Å². The van der Waals surface area contributed by atoms with Crippen molar-refractivity contribution >= 4 is 34.1 Å². The number of anilines is 2. The lowest BCUT2D eigenvalue weighted by molar-refractivity contribution is -0.384. The number of amides is 1. The van der Waals surface area contributed by atoms with Gasteiger partial charge in [-0.15, -0.1) is 0 Å². The van der Waals surface area contributed by atoms with Gasteiger partial charge in [0.1, 0.15) is 11.3 Å². The van der Waals surface area contributed by atoms with E-state index in [1.165, 1.54) is 24.3 Å². The van der Waals surface area contributed by atoms with Crippen LogP contribution >= 0.6 is 0 Å². The first-order valence-electron chi connectivity index (χ1n) is 10.6. The molecule has 0 unspecified atom stereocenters. The number of ether oxygens (including phenoxy) is 1. The smallest absolute Gasteiger partial charge is 0.270 e. The van der Waals surface area contributed by atoms with E-state index in [9.17, 15) is 19.3 Å². The SMILES string of the molecule is O=C(Nc1ccc2oc(-c3cccc(F)c3)nc2c1)c1cc([N+](=O)[O-])ccc1N1CCOCC1. The average Bonchev–Trinajstić information content (AvgIpc) is 3.28. The summed E-state index contributed by atoms with van der Waals surface area (Å²) in [5, 5.41) is 14.1. The van der Waals surface area contributed by atoms with Gasteiger partial charge < -0.3 is 19.4 Å². The number of hydrogen-bond donors (Lipinski definition) is 1. The van der Waals surface area contributed by atoms with Gasteiger partial charge in [0.2, 0.25) is 5.89 Å². The van der Waals surface area contributed by atoms with E-state index >= 15 is 0 Å². The summed E-state index contributed by atoms with van der Waals surface area (Å²) >= 11 is 0. The molecule has 172 valence electrons. The molecule has 1 aromatic heterocycles. The monoisotopic (exact) mass is 462 g/mol. The molecule has 0 aliphatic carbocycles. The Morgan fingerprint density at radius 1 is 1.09 bits per heavy atom. The Kier molecular flexibility index (Phi) is 5.64. The maximum absolute atomic E-state index is 13.6. The van der Waals surface area contributed by atoms with E-state index in [0.29, 0.717) is 54.3 Å². The number of nitro groups is 1. The standard InChI is InChI=1S/C24H19FN4O5/c25-16-3-1-2-15(12-16)24-27-20-13-17(4-7-22(20)34-24)26-23(30)19-14-18(29(31)32)5-6-21(19)28-8-10-33-11-9-28/h1-7,12-14H,8-11H2,(H,26,30). The fourth-order valence-corrected chi connectivity index (χ4v) is 3.85. The van der Waals surface area contributed by atoms with Crippen LogP contribution in [-0.4, -0.2) is 42.1 Å². The van der Waals surface area contributed by atoms with E-state index < -0.39 is 16.6 Å². The van der Waals surface area contributed by atoms with Crippen LogP contribution in [0.25, 0.3) is 22.6 Å². The molecule has 0 saturated carbocycles. The third-order valence-electron chi connectivity index (χ3n) is 5.50. The molecule has 1 saturated heterocycles. The molecule has 34 heavy (non-hydrogen) atoms. The topological polar surface area (TPSA) is 111 Å². The van der Waals surface area contributed by atoms with Gasteiger partial charge in [0, 0.05) is 36.5 Å². The van der Waals surface area contributed by atoms with E-state index in [1.54, 1.807) is 36.4 Å². The Bertz CT molecular complexity index is 1400. The molecule has 4 aromatic rings. The lowest BCUT2D eigenvalue weighted by Crippen LogP contribution is -2.37. The molecule has 5 rings (SSSR count). The minimum absolute atomic E-state index is 0.172. The van der Waals surface area contributed by atoms with Crippen LogP contribution in [0.3, 0.4) is 0 Å². The highest BCUT2D eigenvalue weighted by molar-refractivity contribution is 6.09. The Morgan fingerprint density at radius 2 is 1.91 bits per heavy atom. The fraction of sp³-hybridized carbons (Fsp3) is 0.167. The quantitative estimate of drug-likeness (QED) is 0.340. The Balaban J connectivity index is 1.44. The molecule has 0 radical (unpaired) electrons. The number of nitrogens with one attached hydrogen (secondary N) is 1. The minimum Gasteiger partial charge on any atom is -0.436 e. The van der Waals surface area contributed by atoms with Crippen LogP contribution < -0.4 is 10.2 Å². The summed E-state index contributed by atoms with van der Waals surface area (Å²) in [4.78, 5) is 30.3. The first-order valence-corrected chi connectivity index (χ1v) is 10.6. The second kappa shape index (κ2) is 8.91. The van der Waals surface area contributed by atoms with Crippen molar-refractivity contribution in [3.05, 3.63) is 82.2 Å². The van der Waals surface area contributed by atoms with E-state index in [1.807, 2.05) is 4.90 Å². The number of benzene rings is 3. The predicted octanol–water partition coefficient (Wildman–Crippen LogP) is 4.63. The fourth-order valence-electron chi connectivity index (χ4n) is 3.85. The number of halogens is 1. The van der Waals surface area contributed by atoms with Crippen molar-refractivity contribution in [3.8, 4) is 11.5 Å². The maximum Gasteiger partial charge on any atom is 0.270 e. The first kappa shape index (κ1) is 21.5. The highest BCUT2D eigenvalue weighted by Crippen LogP contribution is 2.29. The minimum atomic E-state index is -0.532. The summed E-state index contributed by atoms with van der Waals surface area (Å²) in [7, 11) is 0. The van der Waals surface area contributed by atoms with Crippen molar-refractivity contribution < 1.29 is 23.3 Å². The Labute approximate surface area is 192 Å². The van der Waals surface area contributed by atoms with Gasteiger partial charge in [-0.3, -0.25) is 14.9 Å². The molecule has 1 amide bonds. The van der Waals surface area contributed by atoms with Crippen LogP contribution in [0.5, 0.6) is 0 Å². The predicted molar refractivity (Wildman–Crippen MR) is 123 cm³/mol. The van der Waals surface area contributed by atoms with Gasteiger partial charge in [0.05, 0.1) is 29.4 Å². The largest absolute Gasteiger partial charge is 0.436 e. The van der Waals surface area contributed by atoms with Crippen molar-refractivity contribution in [2.75, 3.05) is 36.5 Å². The van der Waals surface area contributed by atoms with E-state index in [0.717, 1.165) is 0 Å². The second-order valence-electron chi connectivity index (χ2n) is 7.72. The summed E-state index contributed by atoms with van der Waals surface area (Å²) in [5.41, 5.74) is 2.50. The number of aromatic nitrogens is 1. The number of nitrogens with zero attached hydrogens (tertiary/aromatic N) is 3. The second-order valence-corrected chi connectivity index (χ2v) is 7.72. The van der Waals surface area contributed by atoms with Crippen LogP contribution in [-0.2, 0) is 4.74 Å². The maximum atomic E-state index is 13.6. The number of carbonyl (C=O) groups excluding carboxylic acids is 1. The van der Waals surface area contributed by atoms with Crippen molar-refractivity contribution in [2.24, 2.45) is 0 Å². The van der Waals surface area contributed by atoms with Gasteiger partial charge in [-0.2, -0.15) is 0 Å². The highest BCUT2D eigenvalue weighted by Gasteiger charge is 2.22. The molecule has 0 atom stereocenters. The molecular weight excluding hydrogens is 443 g/mol. The van der Waals surface area contributed by atoms with Gasteiger partial charge in [-0.25, -0.2) is 9.37 Å². The zero-order valence-electron chi connectivity index (χ0n) is 17.9. The zero-order chi connectivity index (χ0) is 23.7. The number of nitro benzene ring substituents is 1. The van der Waals surface area contributed by atoms with Crippen LogP contribution in [0.1, 0.15) is 10.4 Å². The summed E-state index contributed by atoms with van der Waals surface area (Å²) < 4.78 is 24.6. The average molecular weight is 462 g/mol. The summed E-state index contributed by atoms with van der Waals surface area (Å²) in [5.74, 6) is -0.634. The van der Waals surface area contributed by atoms with E-state index in [-0.39, 0.29) is 17.1 Å². The lowest BCUT2D eigenvalue weighted by atomic mass is 10.1. The van der Waals surface area contributed by atoms with E-state index in [2.05, 4.69) is 10.3 Å². The number of fused-ring (bicyclic) bond motifs is 1. The van der Waals surface area contributed by atoms with Crippen molar-refractivity contribution in [1.82, 2.24) is 4.98 Å². The van der Waals surface area contributed by atoms with Crippen LogP contribution in [0.2, 0.25) is 0 Å². The zero-order valence-corrected chi connectivity index (χ0v) is 17.9. The summed E-state index contributed by atoms with van der Waals surface area (Å²) in [6.45, 7) is 2.17. The molecule has 2 heterocycles. The molecule has 1 fully saturated rings. The number of morpholine rings is 1. The normalized spacial score (nSPS) is 13.7. The van der Waals surface area contributed by atoms with Crippen molar-refractivity contribution in [3.63, 3.8) is 0 Å². The molecule has 1 N–H and O–H groups in total. The van der Waals surface area contributed by atoms with E-state index in [4.69, 9.17) is 9.15 Å². The van der Waals surface area contributed by atoms with Gasteiger partial charge in [0.15, 0.2) is 5.58 Å². The molecular formula is C24H19FN4O5. The number of rotatable bonds is 5. The molecule has 1 aliphatic rings. The van der Waals surface area contributed by atoms with Crippen LogP contribution in [0, 0.1) is 15.9 Å². The third kappa shape index (κ3) is 4.30. The number of carbonyl (C=O) groups is 1. The first-order chi connectivity index (χ1) is 16.5.